The molecule has 0 aliphatic carbocycles. The SMILES string of the molecule is CCCc1cc(=S)nc(Cc2cccc(F)c2)[nH]1. The van der Waals surface area contributed by atoms with E-state index in [4.69, 9.17) is 12.2 Å². The summed E-state index contributed by atoms with van der Waals surface area (Å²) in [5, 5.41) is 0. The quantitative estimate of drug-likeness (QED) is 0.848. The predicted octanol–water partition coefficient (Wildman–Crippen LogP) is 3.82. The van der Waals surface area contributed by atoms with Gasteiger partial charge < -0.3 is 4.98 Å². The summed E-state index contributed by atoms with van der Waals surface area (Å²) in [6, 6.07) is 8.43. The third-order valence-electron chi connectivity index (χ3n) is 2.63. The molecule has 1 aromatic carbocycles. The maximum absolute atomic E-state index is 13.1. The highest BCUT2D eigenvalue weighted by molar-refractivity contribution is 7.71. The monoisotopic (exact) mass is 262 g/mol. The summed E-state index contributed by atoms with van der Waals surface area (Å²) in [5.41, 5.74) is 1.98. The van der Waals surface area contributed by atoms with Gasteiger partial charge in [-0.05, 0) is 30.2 Å². The van der Waals surface area contributed by atoms with E-state index < -0.39 is 0 Å². The van der Waals surface area contributed by atoms with Gasteiger partial charge in [0.15, 0.2) is 0 Å². The van der Waals surface area contributed by atoms with Crippen molar-refractivity contribution < 1.29 is 4.39 Å². The van der Waals surface area contributed by atoms with Gasteiger partial charge in [0.1, 0.15) is 16.3 Å². The number of nitrogens with one attached hydrogen (secondary N) is 1. The molecule has 0 atom stereocenters. The first-order valence-corrected chi connectivity index (χ1v) is 6.42. The van der Waals surface area contributed by atoms with E-state index in [1.54, 1.807) is 6.07 Å². The van der Waals surface area contributed by atoms with E-state index >= 15 is 0 Å². The van der Waals surface area contributed by atoms with Crippen LogP contribution in [0.2, 0.25) is 0 Å². The van der Waals surface area contributed by atoms with Crippen molar-refractivity contribution in [2.75, 3.05) is 0 Å². The van der Waals surface area contributed by atoms with Crippen LogP contribution < -0.4 is 0 Å². The number of benzene rings is 1. The molecule has 2 rings (SSSR count). The molecule has 0 spiro atoms. The Kier molecular flexibility index (Phi) is 4.20. The highest BCUT2D eigenvalue weighted by Crippen LogP contribution is 2.09. The molecule has 1 heterocycles. The van der Waals surface area contributed by atoms with E-state index in [-0.39, 0.29) is 5.82 Å². The molecule has 0 saturated heterocycles. The number of aromatic amines is 1. The molecule has 0 radical (unpaired) electrons. The minimum atomic E-state index is -0.226. The van der Waals surface area contributed by atoms with E-state index in [2.05, 4.69) is 16.9 Å². The fourth-order valence-electron chi connectivity index (χ4n) is 1.89. The summed E-state index contributed by atoms with van der Waals surface area (Å²) in [4.78, 5) is 7.53. The normalized spacial score (nSPS) is 10.6. The molecule has 0 aliphatic heterocycles. The summed E-state index contributed by atoms with van der Waals surface area (Å²) in [6.07, 6.45) is 2.57. The summed E-state index contributed by atoms with van der Waals surface area (Å²) < 4.78 is 13.7. The van der Waals surface area contributed by atoms with Crippen molar-refractivity contribution in [3.05, 3.63) is 57.9 Å². The Balaban J connectivity index is 2.26. The van der Waals surface area contributed by atoms with Gasteiger partial charge in [-0.2, -0.15) is 0 Å². The smallest absolute Gasteiger partial charge is 0.130 e. The summed E-state index contributed by atoms with van der Waals surface area (Å²) in [6.45, 7) is 2.11. The summed E-state index contributed by atoms with van der Waals surface area (Å²) in [5.74, 6) is 0.562. The number of halogens is 1. The fraction of sp³-hybridized carbons (Fsp3) is 0.286. The number of rotatable bonds is 4. The minimum absolute atomic E-state index is 0.226. The van der Waals surface area contributed by atoms with Crippen LogP contribution in [0.25, 0.3) is 0 Å². The topological polar surface area (TPSA) is 28.7 Å². The van der Waals surface area contributed by atoms with E-state index in [0.717, 1.165) is 29.9 Å². The number of aromatic nitrogens is 2. The molecule has 1 aromatic heterocycles. The van der Waals surface area contributed by atoms with Gasteiger partial charge in [-0.3, -0.25) is 0 Å². The predicted molar refractivity (Wildman–Crippen MR) is 72.6 cm³/mol. The number of hydrogen-bond acceptors (Lipinski definition) is 2. The van der Waals surface area contributed by atoms with E-state index in [0.29, 0.717) is 11.1 Å². The van der Waals surface area contributed by atoms with Crippen LogP contribution in [0.15, 0.2) is 30.3 Å². The molecule has 0 saturated carbocycles. The van der Waals surface area contributed by atoms with Crippen molar-refractivity contribution in [3.63, 3.8) is 0 Å². The van der Waals surface area contributed by atoms with Crippen molar-refractivity contribution in [3.8, 4) is 0 Å². The summed E-state index contributed by atoms with van der Waals surface area (Å²) in [7, 11) is 0. The first-order chi connectivity index (χ1) is 8.67. The molecule has 1 N–H and O–H groups in total. The van der Waals surface area contributed by atoms with Crippen molar-refractivity contribution in [2.24, 2.45) is 0 Å². The highest BCUT2D eigenvalue weighted by atomic mass is 32.1. The molecule has 0 unspecified atom stereocenters. The molecular weight excluding hydrogens is 247 g/mol. The molecule has 0 amide bonds. The molecule has 2 aromatic rings. The third kappa shape index (κ3) is 3.47. The average Bonchev–Trinajstić information content (AvgIpc) is 2.28. The lowest BCUT2D eigenvalue weighted by Crippen LogP contribution is -2.01. The lowest BCUT2D eigenvalue weighted by molar-refractivity contribution is 0.625. The number of hydrogen-bond donors (Lipinski definition) is 1. The Labute approximate surface area is 111 Å². The second-order valence-electron chi connectivity index (χ2n) is 4.25. The Bertz CT molecular complexity index is 592. The van der Waals surface area contributed by atoms with Gasteiger partial charge in [0.2, 0.25) is 0 Å². The molecule has 2 nitrogen and oxygen atoms in total. The number of aryl methyl sites for hydroxylation is 1. The van der Waals surface area contributed by atoms with Crippen molar-refractivity contribution in [2.45, 2.75) is 26.2 Å². The molecule has 0 bridgehead atoms. The first-order valence-electron chi connectivity index (χ1n) is 6.01. The Morgan fingerprint density at radius 2 is 2.17 bits per heavy atom. The zero-order valence-electron chi connectivity index (χ0n) is 10.2. The Morgan fingerprint density at radius 3 is 2.89 bits per heavy atom. The Hall–Kier alpha value is -1.55. The van der Waals surface area contributed by atoms with E-state index in [1.807, 2.05) is 12.1 Å². The van der Waals surface area contributed by atoms with Gasteiger partial charge in [0, 0.05) is 12.1 Å². The van der Waals surface area contributed by atoms with Gasteiger partial charge in [-0.1, -0.05) is 37.7 Å². The number of nitrogens with zero attached hydrogens (tertiary/aromatic N) is 1. The second-order valence-corrected chi connectivity index (χ2v) is 4.67. The van der Waals surface area contributed by atoms with Crippen molar-refractivity contribution in [1.82, 2.24) is 9.97 Å². The van der Waals surface area contributed by atoms with Crippen LogP contribution in [0.4, 0.5) is 4.39 Å². The zero-order valence-corrected chi connectivity index (χ0v) is 11.1. The summed E-state index contributed by atoms with van der Waals surface area (Å²) >= 11 is 5.14. The molecule has 94 valence electrons. The van der Waals surface area contributed by atoms with Crippen molar-refractivity contribution >= 4 is 12.2 Å². The largest absolute Gasteiger partial charge is 0.347 e. The van der Waals surface area contributed by atoms with Gasteiger partial charge in [0.25, 0.3) is 0 Å². The van der Waals surface area contributed by atoms with Crippen LogP contribution >= 0.6 is 12.2 Å². The molecule has 18 heavy (non-hydrogen) atoms. The lowest BCUT2D eigenvalue weighted by Gasteiger charge is -2.05. The molecule has 4 heteroatoms. The third-order valence-corrected chi connectivity index (χ3v) is 2.84. The number of H-pyrrole nitrogens is 1. The molecule has 0 aliphatic rings. The van der Waals surface area contributed by atoms with Crippen LogP contribution in [0.3, 0.4) is 0 Å². The standard InChI is InChI=1S/C14H15FN2S/c1-2-4-12-9-14(18)17-13(16-12)8-10-5-3-6-11(15)7-10/h3,5-7,9H,2,4,8H2,1H3,(H,16,17,18). The minimum Gasteiger partial charge on any atom is -0.347 e. The maximum atomic E-state index is 13.1. The molecule has 0 fully saturated rings. The first kappa shape index (κ1) is 12.9. The van der Waals surface area contributed by atoms with Crippen LogP contribution in [0, 0.1) is 10.5 Å². The van der Waals surface area contributed by atoms with Gasteiger partial charge in [0.05, 0.1) is 0 Å². The van der Waals surface area contributed by atoms with Crippen molar-refractivity contribution in [1.29, 1.82) is 0 Å². The van der Waals surface area contributed by atoms with Crippen LogP contribution in [0.1, 0.15) is 30.4 Å². The fourth-order valence-corrected chi connectivity index (χ4v) is 2.14. The van der Waals surface area contributed by atoms with Gasteiger partial charge in [-0.25, -0.2) is 9.37 Å². The molecular formula is C14H15FN2S. The van der Waals surface area contributed by atoms with Gasteiger partial charge >= 0.3 is 0 Å². The van der Waals surface area contributed by atoms with Crippen LogP contribution in [-0.4, -0.2) is 9.97 Å². The lowest BCUT2D eigenvalue weighted by atomic mass is 10.1. The Morgan fingerprint density at radius 1 is 1.33 bits per heavy atom. The maximum Gasteiger partial charge on any atom is 0.130 e. The van der Waals surface area contributed by atoms with E-state index in [9.17, 15) is 4.39 Å². The van der Waals surface area contributed by atoms with E-state index in [1.165, 1.54) is 12.1 Å². The zero-order chi connectivity index (χ0) is 13.0. The van der Waals surface area contributed by atoms with Crippen LogP contribution in [-0.2, 0) is 12.8 Å². The van der Waals surface area contributed by atoms with Crippen LogP contribution in [0.5, 0.6) is 0 Å². The average molecular weight is 262 g/mol. The highest BCUT2D eigenvalue weighted by Gasteiger charge is 2.02. The second kappa shape index (κ2) is 5.87. The van der Waals surface area contributed by atoms with Gasteiger partial charge in [-0.15, -0.1) is 0 Å².